The number of H-pyrrole nitrogens is 1. The van der Waals surface area contributed by atoms with Crippen LogP contribution in [0.2, 0.25) is 0 Å². The summed E-state index contributed by atoms with van der Waals surface area (Å²) in [5.41, 5.74) is 2.07. The summed E-state index contributed by atoms with van der Waals surface area (Å²) >= 11 is 0. The zero-order chi connectivity index (χ0) is 18.4. The second-order valence-electron chi connectivity index (χ2n) is 7.26. The van der Waals surface area contributed by atoms with Crippen LogP contribution < -0.4 is 0 Å². The number of nitrogens with one attached hydrogen (secondary N) is 1. The number of nitrogens with zero attached hydrogens (tertiary/aromatic N) is 6. The van der Waals surface area contributed by atoms with Crippen LogP contribution >= 0.6 is 0 Å². The molecule has 0 radical (unpaired) electrons. The molecule has 4 aromatic rings. The van der Waals surface area contributed by atoms with E-state index in [1.165, 1.54) is 10.3 Å². The van der Waals surface area contributed by atoms with Crippen molar-refractivity contribution in [1.82, 2.24) is 34.4 Å². The van der Waals surface area contributed by atoms with Crippen molar-refractivity contribution in [2.24, 2.45) is 5.92 Å². The second-order valence-corrected chi connectivity index (χ2v) is 7.26. The lowest BCUT2D eigenvalue weighted by atomic mass is 9.93. The van der Waals surface area contributed by atoms with Crippen LogP contribution in [0.4, 0.5) is 0 Å². The van der Waals surface area contributed by atoms with Crippen LogP contribution in [-0.4, -0.2) is 53.4 Å². The molecule has 4 aromatic heterocycles. The molecular formula is C19H21N7O. The molecular weight excluding hydrogens is 342 g/mol. The predicted octanol–water partition coefficient (Wildman–Crippen LogP) is 2.22. The third-order valence-electron chi connectivity index (χ3n) is 5.63. The van der Waals surface area contributed by atoms with E-state index in [0.717, 1.165) is 29.4 Å². The number of aromatic nitrogens is 6. The monoisotopic (exact) mass is 363 g/mol. The maximum absolute atomic E-state index is 12.7. The van der Waals surface area contributed by atoms with Crippen molar-refractivity contribution >= 4 is 27.8 Å². The summed E-state index contributed by atoms with van der Waals surface area (Å²) in [5, 5.41) is 10.3. The molecule has 0 unspecified atom stereocenters. The van der Waals surface area contributed by atoms with Gasteiger partial charge in [-0.1, -0.05) is 6.92 Å². The van der Waals surface area contributed by atoms with Crippen molar-refractivity contribution in [1.29, 1.82) is 0 Å². The first-order valence-electron chi connectivity index (χ1n) is 9.25. The number of pyridine rings is 1. The fourth-order valence-electron chi connectivity index (χ4n) is 4.11. The Morgan fingerprint density at radius 2 is 2.15 bits per heavy atom. The standard InChI is InChI=1S/C19H21N7O/c1-13-3-8-24(17(27)12-26-22-6-7-23-26)11-16(13)25-9-4-14-10-21-19-15(18(14)25)2-5-20-19/h2,4-7,9-10,13,16H,3,8,11-12H2,1H3,(H,20,21)/t13-,16+/m1/s1. The molecule has 2 atom stereocenters. The summed E-state index contributed by atoms with van der Waals surface area (Å²) in [7, 11) is 0. The molecule has 1 N–H and O–H groups in total. The predicted molar refractivity (Wildman–Crippen MR) is 101 cm³/mol. The normalized spacial score (nSPS) is 20.6. The van der Waals surface area contributed by atoms with Gasteiger partial charge in [-0.25, -0.2) is 4.98 Å². The summed E-state index contributed by atoms with van der Waals surface area (Å²) in [6, 6.07) is 4.41. The number of carbonyl (C=O) groups excluding carboxylic acids is 1. The highest BCUT2D eigenvalue weighted by Gasteiger charge is 2.31. The molecule has 1 amide bonds. The largest absolute Gasteiger partial charge is 0.346 e. The smallest absolute Gasteiger partial charge is 0.246 e. The van der Waals surface area contributed by atoms with Crippen molar-refractivity contribution < 1.29 is 4.79 Å². The summed E-state index contributed by atoms with van der Waals surface area (Å²) in [5.74, 6) is 0.544. The lowest BCUT2D eigenvalue weighted by Gasteiger charge is -2.38. The first kappa shape index (κ1) is 16.0. The van der Waals surface area contributed by atoms with Gasteiger partial charge >= 0.3 is 0 Å². The molecule has 1 aliphatic heterocycles. The minimum atomic E-state index is 0.0630. The van der Waals surface area contributed by atoms with E-state index in [1.54, 1.807) is 12.4 Å². The number of hydrogen-bond donors (Lipinski definition) is 1. The molecule has 0 aromatic carbocycles. The van der Waals surface area contributed by atoms with E-state index < -0.39 is 0 Å². The van der Waals surface area contributed by atoms with E-state index in [9.17, 15) is 4.79 Å². The van der Waals surface area contributed by atoms with Gasteiger partial charge < -0.3 is 14.5 Å². The Bertz CT molecular complexity index is 1090. The summed E-state index contributed by atoms with van der Waals surface area (Å²) in [6.45, 7) is 3.92. The molecule has 0 aliphatic carbocycles. The van der Waals surface area contributed by atoms with Crippen molar-refractivity contribution in [2.45, 2.75) is 25.9 Å². The van der Waals surface area contributed by atoms with E-state index in [1.807, 2.05) is 17.3 Å². The maximum Gasteiger partial charge on any atom is 0.246 e. The van der Waals surface area contributed by atoms with Crippen molar-refractivity contribution in [3.8, 4) is 0 Å². The Morgan fingerprint density at radius 1 is 1.30 bits per heavy atom. The molecule has 5 heterocycles. The molecule has 8 nitrogen and oxygen atoms in total. The molecule has 1 saturated heterocycles. The van der Waals surface area contributed by atoms with Crippen molar-refractivity contribution in [3.05, 3.63) is 43.1 Å². The van der Waals surface area contributed by atoms with E-state index in [4.69, 9.17) is 0 Å². The molecule has 0 spiro atoms. The number of likely N-dealkylation sites (tertiary alicyclic amines) is 1. The zero-order valence-electron chi connectivity index (χ0n) is 15.1. The van der Waals surface area contributed by atoms with Gasteiger partial charge in [0.05, 0.1) is 24.0 Å². The van der Waals surface area contributed by atoms with Crippen LogP contribution in [0.3, 0.4) is 0 Å². The first-order chi connectivity index (χ1) is 13.2. The summed E-state index contributed by atoms with van der Waals surface area (Å²) < 4.78 is 2.32. The lowest BCUT2D eigenvalue weighted by Crippen LogP contribution is -2.45. The minimum absolute atomic E-state index is 0.0630. The number of hydrogen-bond acceptors (Lipinski definition) is 4. The molecule has 8 heteroatoms. The Balaban J connectivity index is 1.47. The van der Waals surface area contributed by atoms with E-state index >= 15 is 0 Å². The number of amides is 1. The van der Waals surface area contributed by atoms with Crippen LogP contribution in [0.15, 0.2) is 43.1 Å². The quantitative estimate of drug-likeness (QED) is 0.605. The zero-order valence-corrected chi connectivity index (χ0v) is 15.1. The minimum Gasteiger partial charge on any atom is -0.346 e. The molecule has 1 aliphatic rings. The molecule has 0 saturated carbocycles. The Kier molecular flexibility index (Phi) is 3.70. The van der Waals surface area contributed by atoms with Gasteiger partial charge in [-0.05, 0) is 24.5 Å². The fraction of sp³-hybridized carbons (Fsp3) is 0.368. The number of rotatable bonds is 3. The third-order valence-corrected chi connectivity index (χ3v) is 5.63. The number of aromatic amines is 1. The topological polar surface area (TPSA) is 84.6 Å². The number of piperidine rings is 1. The van der Waals surface area contributed by atoms with Gasteiger partial charge in [0, 0.05) is 42.5 Å². The van der Waals surface area contributed by atoms with Crippen LogP contribution in [-0.2, 0) is 11.3 Å². The highest BCUT2D eigenvalue weighted by molar-refractivity contribution is 6.02. The molecule has 138 valence electrons. The molecule has 0 bridgehead atoms. The lowest BCUT2D eigenvalue weighted by molar-refractivity contribution is -0.134. The van der Waals surface area contributed by atoms with Crippen molar-refractivity contribution in [3.63, 3.8) is 0 Å². The van der Waals surface area contributed by atoms with Gasteiger partial charge in [0.1, 0.15) is 12.2 Å². The van der Waals surface area contributed by atoms with Crippen LogP contribution in [0.1, 0.15) is 19.4 Å². The fourth-order valence-corrected chi connectivity index (χ4v) is 4.11. The number of fused-ring (bicyclic) bond motifs is 3. The SMILES string of the molecule is C[C@@H]1CCN(C(=O)Cn2nccn2)C[C@@H]1n1ccc2cnc3[nH]ccc3c21. The Labute approximate surface area is 155 Å². The van der Waals surface area contributed by atoms with Gasteiger partial charge in [0.2, 0.25) is 5.91 Å². The van der Waals surface area contributed by atoms with E-state index in [-0.39, 0.29) is 18.5 Å². The van der Waals surface area contributed by atoms with Crippen LogP contribution in [0.5, 0.6) is 0 Å². The van der Waals surface area contributed by atoms with Gasteiger partial charge in [-0.3, -0.25) is 4.79 Å². The number of carbonyl (C=O) groups is 1. The summed E-state index contributed by atoms with van der Waals surface area (Å²) in [4.78, 5) is 23.8. The average Bonchev–Trinajstić information content (AvgIpc) is 3.41. The Morgan fingerprint density at radius 3 is 3.00 bits per heavy atom. The molecule has 1 fully saturated rings. The van der Waals surface area contributed by atoms with Gasteiger partial charge in [0.15, 0.2) is 0 Å². The molecule has 5 rings (SSSR count). The second kappa shape index (κ2) is 6.22. The van der Waals surface area contributed by atoms with Crippen LogP contribution in [0.25, 0.3) is 21.9 Å². The van der Waals surface area contributed by atoms with E-state index in [0.29, 0.717) is 12.5 Å². The molecule has 27 heavy (non-hydrogen) atoms. The third kappa shape index (κ3) is 2.68. The first-order valence-corrected chi connectivity index (χ1v) is 9.25. The summed E-state index contributed by atoms with van der Waals surface area (Å²) in [6.07, 6.45) is 10.1. The van der Waals surface area contributed by atoms with E-state index in [2.05, 4.69) is 50.0 Å². The van der Waals surface area contributed by atoms with Gasteiger partial charge in [-0.2, -0.15) is 15.0 Å². The average molecular weight is 363 g/mol. The maximum atomic E-state index is 12.7. The highest BCUT2D eigenvalue weighted by atomic mass is 16.2. The van der Waals surface area contributed by atoms with Gasteiger partial charge in [0.25, 0.3) is 0 Å². The Hall–Kier alpha value is -3.16. The van der Waals surface area contributed by atoms with Crippen LogP contribution in [0, 0.1) is 5.92 Å². The van der Waals surface area contributed by atoms with Gasteiger partial charge in [-0.15, -0.1) is 0 Å². The highest BCUT2D eigenvalue weighted by Crippen LogP contribution is 2.33. The van der Waals surface area contributed by atoms with Crippen molar-refractivity contribution in [2.75, 3.05) is 13.1 Å².